The minimum atomic E-state index is 0.695. The van der Waals surface area contributed by atoms with Crippen LogP contribution in [0.25, 0.3) is 22.4 Å². The molecule has 0 aliphatic carbocycles. The Morgan fingerprint density at radius 3 is 2.84 bits per heavy atom. The van der Waals surface area contributed by atoms with Gasteiger partial charge in [-0.05, 0) is 18.6 Å². The lowest BCUT2D eigenvalue weighted by molar-refractivity contribution is 0.318. The van der Waals surface area contributed by atoms with E-state index in [9.17, 15) is 0 Å². The first-order valence-corrected chi connectivity index (χ1v) is 6.27. The molecular weight excluding hydrogens is 240 g/mol. The van der Waals surface area contributed by atoms with Gasteiger partial charge in [0.05, 0.1) is 30.1 Å². The van der Waals surface area contributed by atoms with Crippen molar-refractivity contribution in [3.05, 3.63) is 36.7 Å². The third-order valence-electron chi connectivity index (χ3n) is 2.80. The second-order valence-corrected chi connectivity index (χ2v) is 4.22. The van der Waals surface area contributed by atoms with Crippen LogP contribution in [0.1, 0.15) is 13.3 Å². The summed E-state index contributed by atoms with van der Waals surface area (Å²) in [4.78, 5) is 7.75. The van der Waals surface area contributed by atoms with E-state index >= 15 is 0 Å². The summed E-state index contributed by atoms with van der Waals surface area (Å²) in [7, 11) is 0. The van der Waals surface area contributed by atoms with Gasteiger partial charge in [-0.3, -0.25) is 0 Å². The standard InChI is InChI=1S/C14H14N4O/c1-2-7-19-13-6-4-3-5-10(13)14-17-11-8-15-16-9-12(11)18-14/h3-6,8-9H,2,7H2,1H3,(H,17,18). The van der Waals surface area contributed by atoms with E-state index in [1.807, 2.05) is 24.3 Å². The molecule has 5 heteroatoms. The van der Waals surface area contributed by atoms with Crippen LogP contribution in [0.3, 0.4) is 0 Å². The van der Waals surface area contributed by atoms with E-state index in [1.54, 1.807) is 12.4 Å². The molecule has 1 aromatic carbocycles. The zero-order chi connectivity index (χ0) is 13.1. The van der Waals surface area contributed by atoms with Crippen molar-refractivity contribution >= 4 is 11.0 Å². The highest BCUT2D eigenvalue weighted by atomic mass is 16.5. The van der Waals surface area contributed by atoms with Crippen molar-refractivity contribution in [2.45, 2.75) is 13.3 Å². The number of hydrogen-bond acceptors (Lipinski definition) is 4. The van der Waals surface area contributed by atoms with Crippen LogP contribution in [0.2, 0.25) is 0 Å². The van der Waals surface area contributed by atoms with Gasteiger partial charge in [-0.15, -0.1) is 0 Å². The maximum atomic E-state index is 5.75. The fraction of sp³-hybridized carbons (Fsp3) is 0.214. The maximum Gasteiger partial charge on any atom is 0.142 e. The number of hydrogen-bond donors (Lipinski definition) is 1. The quantitative estimate of drug-likeness (QED) is 0.777. The number of rotatable bonds is 4. The molecule has 0 fully saturated rings. The number of H-pyrrole nitrogens is 1. The van der Waals surface area contributed by atoms with Crippen molar-refractivity contribution in [2.24, 2.45) is 0 Å². The Morgan fingerprint density at radius 2 is 2.00 bits per heavy atom. The van der Waals surface area contributed by atoms with Gasteiger partial charge in [0.2, 0.25) is 0 Å². The lowest BCUT2D eigenvalue weighted by atomic mass is 10.2. The number of benzene rings is 1. The fourth-order valence-electron chi connectivity index (χ4n) is 1.90. The van der Waals surface area contributed by atoms with Crippen LogP contribution in [0, 0.1) is 0 Å². The number of nitrogens with one attached hydrogen (secondary N) is 1. The predicted molar refractivity (Wildman–Crippen MR) is 72.9 cm³/mol. The van der Waals surface area contributed by atoms with E-state index in [4.69, 9.17) is 4.74 Å². The van der Waals surface area contributed by atoms with Gasteiger partial charge in [-0.1, -0.05) is 19.1 Å². The Morgan fingerprint density at radius 1 is 1.16 bits per heavy atom. The second-order valence-electron chi connectivity index (χ2n) is 4.22. The molecule has 0 bridgehead atoms. The van der Waals surface area contributed by atoms with Gasteiger partial charge in [0.1, 0.15) is 17.1 Å². The molecular formula is C14H14N4O. The number of fused-ring (bicyclic) bond motifs is 1. The molecule has 0 saturated heterocycles. The predicted octanol–water partition coefficient (Wildman–Crippen LogP) is 2.81. The van der Waals surface area contributed by atoms with Crippen LogP contribution < -0.4 is 4.74 Å². The molecule has 1 N–H and O–H groups in total. The van der Waals surface area contributed by atoms with Crippen LogP contribution in [0.15, 0.2) is 36.7 Å². The number of ether oxygens (including phenoxy) is 1. The van der Waals surface area contributed by atoms with Gasteiger partial charge >= 0.3 is 0 Å². The van der Waals surface area contributed by atoms with Crippen LogP contribution in [-0.2, 0) is 0 Å². The fourth-order valence-corrected chi connectivity index (χ4v) is 1.90. The van der Waals surface area contributed by atoms with Crippen LogP contribution in [-0.4, -0.2) is 26.8 Å². The molecule has 3 aromatic rings. The summed E-state index contributed by atoms with van der Waals surface area (Å²) in [5, 5.41) is 7.67. The molecule has 3 rings (SSSR count). The van der Waals surface area contributed by atoms with Crippen molar-refractivity contribution in [1.29, 1.82) is 0 Å². The first kappa shape index (κ1) is 11.6. The van der Waals surface area contributed by atoms with Gasteiger partial charge in [-0.25, -0.2) is 4.98 Å². The third kappa shape index (κ3) is 2.27. The number of imidazole rings is 1. The summed E-state index contributed by atoms with van der Waals surface area (Å²) in [5.41, 5.74) is 2.62. The van der Waals surface area contributed by atoms with Crippen molar-refractivity contribution in [1.82, 2.24) is 20.2 Å². The highest BCUT2D eigenvalue weighted by molar-refractivity contribution is 5.79. The van der Waals surface area contributed by atoms with E-state index in [2.05, 4.69) is 27.1 Å². The SMILES string of the molecule is CCCOc1ccccc1-c1nc2cnncc2[nH]1. The van der Waals surface area contributed by atoms with E-state index in [0.29, 0.717) is 6.61 Å². The van der Waals surface area contributed by atoms with E-state index in [0.717, 1.165) is 34.6 Å². The number of para-hydroxylation sites is 1. The first-order valence-electron chi connectivity index (χ1n) is 6.27. The molecule has 0 aliphatic heterocycles. The first-order chi connectivity index (χ1) is 9.38. The summed E-state index contributed by atoms with van der Waals surface area (Å²) in [5.74, 6) is 1.61. The van der Waals surface area contributed by atoms with Gasteiger partial charge in [0, 0.05) is 0 Å². The van der Waals surface area contributed by atoms with Crippen molar-refractivity contribution < 1.29 is 4.74 Å². The number of aromatic nitrogens is 4. The summed E-state index contributed by atoms with van der Waals surface area (Å²) in [6, 6.07) is 7.87. The maximum absolute atomic E-state index is 5.75. The molecule has 0 spiro atoms. The largest absolute Gasteiger partial charge is 0.493 e. The molecule has 5 nitrogen and oxygen atoms in total. The van der Waals surface area contributed by atoms with Gasteiger partial charge in [0.25, 0.3) is 0 Å². The minimum absolute atomic E-state index is 0.695. The molecule has 2 heterocycles. The summed E-state index contributed by atoms with van der Waals surface area (Å²) < 4.78 is 5.75. The molecule has 0 unspecified atom stereocenters. The van der Waals surface area contributed by atoms with Crippen molar-refractivity contribution in [2.75, 3.05) is 6.61 Å². The van der Waals surface area contributed by atoms with E-state index in [1.165, 1.54) is 0 Å². The topological polar surface area (TPSA) is 63.7 Å². The molecule has 0 atom stereocenters. The Kier molecular flexibility index (Phi) is 3.10. The summed E-state index contributed by atoms with van der Waals surface area (Å²) in [6.07, 6.45) is 4.29. The van der Waals surface area contributed by atoms with Crippen molar-refractivity contribution in [3.8, 4) is 17.1 Å². The number of aromatic amines is 1. The third-order valence-corrected chi connectivity index (χ3v) is 2.80. The second kappa shape index (κ2) is 5.06. The van der Waals surface area contributed by atoms with Gasteiger partial charge in [-0.2, -0.15) is 10.2 Å². The average Bonchev–Trinajstić information content (AvgIpc) is 2.89. The Hall–Kier alpha value is -2.43. The molecule has 0 saturated carbocycles. The lowest BCUT2D eigenvalue weighted by Crippen LogP contribution is -1.97. The Bertz CT molecular complexity index is 659. The zero-order valence-electron chi connectivity index (χ0n) is 10.6. The highest BCUT2D eigenvalue weighted by Crippen LogP contribution is 2.28. The Labute approximate surface area is 110 Å². The monoisotopic (exact) mass is 254 g/mol. The lowest BCUT2D eigenvalue weighted by Gasteiger charge is -2.08. The number of nitrogens with zero attached hydrogens (tertiary/aromatic N) is 3. The van der Waals surface area contributed by atoms with Crippen LogP contribution >= 0.6 is 0 Å². The Balaban J connectivity index is 2.05. The summed E-state index contributed by atoms with van der Waals surface area (Å²) in [6.45, 7) is 2.78. The molecule has 19 heavy (non-hydrogen) atoms. The normalized spacial score (nSPS) is 10.8. The van der Waals surface area contributed by atoms with Crippen molar-refractivity contribution in [3.63, 3.8) is 0 Å². The van der Waals surface area contributed by atoms with Crippen LogP contribution in [0.5, 0.6) is 5.75 Å². The minimum Gasteiger partial charge on any atom is -0.493 e. The zero-order valence-corrected chi connectivity index (χ0v) is 10.6. The smallest absolute Gasteiger partial charge is 0.142 e. The van der Waals surface area contributed by atoms with Gasteiger partial charge < -0.3 is 9.72 Å². The molecule has 0 aliphatic rings. The highest BCUT2D eigenvalue weighted by Gasteiger charge is 2.10. The van der Waals surface area contributed by atoms with Crippen LogP contribution in [0.4, 0.5) is 0 Å². The molecule has 2 aromatic heterocycles. The molecule has 0 amide bonds. The van der Waals surface area contributed by atoms with E-state index in [-0.39, 0.29) is 0 Å². The molecule has 96 valence electrons. The average molecular weight is 254 g/mol. The van der Waals surface area contributed by atoms with E-state index < -0.39 is 0 Å². The summed E-state index contributed by atoms with van der Waals surface area (Å²) >= 11 is 0. The van der Waals surface area contributed by atoms with Gasteiger partial charge in [0.15, 0.2) is 0 Å². The molecule has 0 radical (unpaired) electrons.